The maximum atomic E-state index is 12.9. The van der Waals surface area contributed by atoms with E-state index in [1.54, 1.807) is 16.4 Å². The predicted octanol–water partition coefficient (Wildman–Crippen LogP) is 1.96. The lowest BCUT2D eigenvalue weighted by molar-refractivity contribution is -0.141. The standard InChI is InChI=1S/C17H18F3N7O/c1-28-13-4-2-12(3-5-13)8-27-16(22-23-24-27)11-25-6-7-26-9-14(17(18,19)20)21-15(26)10-25/h2-5,9H,6-8,10-11H2,1H3. The zero-order valence-electron chi connectivity index (χ0n) is 15.1. The first kappa shape index (κ1) is 18.4. The maximum absolute atomic E-state index is 12.9. The summed E-state index contributed by atoms with van der Waals surface area (Å²) in [5, 5.41) is 11.8. The van der Waals surface area contributed by atoms with Crippen LogP contribution >= 0.6 is 0 Å². The normalized spacial score (nSPS) is 14.9. The lowest BCUT2D eigenvalue weighted by Crippen LogP contribution is -2.34. The van der Waals surface area contributed by atoms with Gasteiger partial charge in [0.05, 0.1) is 26.7 Å². The molecule has 0 aliphatic carbocycles. The van der Waals surface area contributed by atoms with Gasteiger partial charge < -0.3 is 9.30 Å². The van der Waals surface area contributed by atoms with E-state index >= 15 is 0 Å². The van der Waals surface area contributed by atoms with E-state index in [1.807, 2.05) is 29.2 Å². The van der Waals surface area contributed by atoms with E-state index in [0.29, 0.717) is 44.4 Å². The Morgan fingerprint density at radius 3 is 2.61 bits per heavy atom. The van der Waals surface area contributed by atoms with Gasteiger partial charge in [-0.05, 0) is 28.1 Å². The molecule has 28 heavy (non-hydrogen) atoms. The van der Waals surface area contributed by atoms with Gasteiger partial charge in [0.2, 0.25) is 0 Å². The summed E-state index contributed by atoms with van der Waals surface area (Å²) in [5.74, 6) is 1.81. The zero-order chi connectivity index (χ0) is 19.7. The number of hydrogen-bond acceptors (Lipinski definition) is 6. The molecule has 0 amide bonds. The average molecular weight is 393 g/mol. The lowest BCUT2D eigenvalue weighted by Gasteiger charge is -2.26. The van der Waals surface area contributed by atoms with Gasteiger partial charge in [-0.3, -0.25) is 4.90 Å². The molecule has 8 nitrogen and oxygen atoms in total. The molecule has 0 unspecified atom stereocenters. The minimum Gasteiger partial charge on any atom is -0.497 e. The monoisotopic (exact) mass is 393 g/mol. The van der Waals surface area contributed by atoms with Gasteiger partial charge in [0.25, 0.3) is 0 Å². The molecule has 11 heteroatoms. The van der Waals surface area contributed by atoms with Crippen LogP contribution in [0.5, 0.6) is 5.75 Å². The van der Waals surface area contributed by atoms with Crippen LogP contribution in [0.2, 0.25) is 0 Å². The predicted molar refractivity (Wildman–Crippen MR) is 91.3 cm³/mol. The van der Waals surface area contributed by atoms with Gasteiger partial charge in [0.1, 0.15) is 11.6 Å². The van der Waals surface area contributed by atoms with Crippen molar-refractivity contribution >= 4 is 0 Å². The molecule has 0 saturated heterocycles. The third-order valence-electron chi connectivity index (χ3n) is 4.63. The Morgan fingerprint density at radius 1 is 1.11 bits per heavy atom. The number of alkyl halides is 3. The molecule has 0 spiro atoms. The van der Waals surface area contributed by atoms with Gasteiger partial charge >= 0.3 is 6.18 Å². The van der Waals surface area contributed by atoms with Crippen molar-refractivity contribution in [3.63, 3.8) is 0 Å². The summed E-state index contributed by atoms with van der Waals surface area (Å²) < 4.78 is 47.0. The van der Waals surface area contributed by atoms with Crippen LogP contribution in [0, 0.1) is 0 Å². The van der Waals surface area contributed by atoms with Crippen LogP contribution in [-0.4, -0.2) is 48.3 Å². The topological polar surface area (TPSA) is 73.9 Å². The fraction of sp³-hybridized carbons (Fsp3) is 0.412. The first-order chi connectivity index (χ1) is 13.4. The molecule has 4 rings (SSSR count). The highest BCUT2D eigenvalue weighted by molar-refractivity contribution is 5.27. The van der Waals surface area contributed by atoms with E-state index in [1.165, 1.54) is 0 Å². The summed E-state index contributed by atoms with van der Waals surface area (Å²) in [5.41, 5.74) is 0.159. The molecule has 0 radical (unpaired) electrons. The molecular formula is C17H18F3N7O. The number of nitrogens with zero attached hydrogens (tertiary/aromatic N) is 7. The van der Waals surface area contributed by atoms with Gasteiger partial charge in [-0.25, -0.2) is 9.67 Å². The van der Waals surface area contributed by atoms with Crippen LogP contribution in [0.25, 0.3) is 0 Å². The van der Waals surface area contributed by atoms with E-state index in [9.17, 15) is 13.2 Å². The largest absolute Gasteiger partial charge is 0.497 e. The van der Waals surface area contributed by atoms with Crippen molar-refractivity contribution in [1.82, 2.24) is 34.7 Å². The van der Waals surface area contributed by atoms with Crippen molar-refractivity contribution in [2.24, 2.45) is 0 Å². The molecule has 0 N–H and O–H groups in total. The summed E-state index contributed by atoms with van der Waals surface area (Å²) in [6.45, 7) is 2.27. The van der Waals surface area contributed by atoms with Crippen molar-refractivity contribution in [3.8, 4) is 5.75 Å². The third kappa shape index (κ3) is 3.84. The highest BCUT2D eigenvalue weighted by atomic mass is 19.4. The zero-order valence-corrected chi connectivity index (χ0v) is 15.1. The second kappa shape index (κ2) is 7.23. The SMILES string of the molecule is COc1ccc(Cn2nnnc2CN2CCn3cc(C(F)(F)F)nc3C2)cc1. The van der Waals surface area contributed by atoms with Crippen molar-refractivity contribution in [2.75, 3.05) is 13.7 Å². The maximum Gasteiger partial charge on any atom is 0.434 e. The molecule has 3 aromatic rings. The van der Waals surface area contributed by atoms with Crippen LogP contribution in [0.3, 0.4) is 0 Å². The fourth-order valence-electron chi connectivity index (χ4n) is 3.14. The molecule has 148 valence electrons. The van der Waals surface area contributed by atoms with Crippen LogP contribution in [0.4, 0.5) is 13.2 Å². The number of hydrogen-bond donors (Lipinski definition) is 0. The molecule has 1 aliphatic rings. The highest BCUT2D eigenvalue weighted by Crippen LogP contribution is 2.29. The Morgan fingerprint density at radius 2 is 1.89 bits per heavy atom. The Bertz CT molecular complexity index is 949. The van der Waals surface area contributed by atoms with Crippen molar-refractivity contribution in [2.45, 2.75) is 32.4 Å². The van der Waals surface area contributed by atoms with E-state index in [4.69, 9.17) is 4.74 Å². The molecule has 1 aromatic carbocycles. The fourth-order valence-corrected chi connectivity index (χ4v) is 3.14. The Labute approximate surface area is 158 Å². The minimum absolute atomic E-state index is 0.311. The second-order valence-electron chi connectivity index (χ2n) is 6.55. The summed E-state index contributed by atoms with van der Waals surface area (Å²) in [7, 11) is 1.61. The summed E-state index contributed by atoms with van der Waals surface area (Å²) in [4.78, 5) is 5.72. The first-order valence-corrected chi connectivity index (χ1v) is 8.66. The van der Waals surface area contributed by atoms with E-state index in [0.717, 1.165) is 17.5 Å². The van der Waals surface area contributed by atoms with Gasteiger partial charge in [0, 0.05) is 19.3 Å². The molecule has 0 fully saturated rings. The van der Waals surface area contributed by atoms with Gasteiger partial charge in [-0.2, -0.15) is 13.2 Å². The number of fused-ring (bicyclic) bond motifs is 1. The Hall–Kier alpha value is -2.95. The summed E-state index contributed by atoms with van der Waals surface area (Å²) >= 11 is 0. The number of rotatable bonds is 5. The lowest BCUT2D eigenvalue weighted by atomic mass is 10.2. The van der Waals surface area contributed by atoms with Gasteiger partial charge in [0.15, 0.2) is 11.5 Å². The van der Waals surface area contributed by atoms with Crippen LogP contribution in [0.15, 0.2) is 30.5 Å². The molecule has 0 bridgehead atoms. The molecule has 0 atom stereocenters. The van der Waals surface area contributed by atoms with Crippen LogP contribution in [0.1, 0.15) is 22.9 Å². The number of halogens is 3. The molecule has 0 saturated carbocycles. The number of aromatic nitrogens is 6. The van der Waals surface area contributed by atoms with E-state index < -0.39 is 11.9 Å². The van der Waals surface area contributed by atoms with Gasteiger partial charge in [-0.15, -0.1) is 5.10 Å². The van der Waals surface area contributed by atoms with Crippen molar-refractivity contribution in [3.05, 3.63) is 53.4 Å². The average Bonchev–Trinajstić information content (AvgIpc) is 3.29. The van der Waals surface area contributed by atoms with Crippen molar-refractivity contribution in [1.29, 1.82) is 0 Å². The van der Waals surface area contributed by atoms with E-state index in [-0.39, 0.29) is 0 Å². The first-order valence-electron chi connectivity index (χ1n) is 8.66. The molecule has 2 aromatic heterocycles. The van der Waals surface area contributed by atoms with E-state index in [2.05, 4.69) is 20.5 Å². The summed E-state index contributed by atoms with van der Waals surface area (Å²) in [6, 6.07) is 7.59. The summed E-state index contributed by atoms with van der Waals surface area (Å²) in [6.07, 6.45) is -3.36. The Kier molecular flexibility index (Phi) is 4.75. The second-order valence-corrected chi connectivity index (χ2v) is 6.55. The quantitative estimate of drug-likeness (QED) is 0.660. The molecule has 3 heterocycles. The smallest absolute Gasteiger partial charge is 0.434 e. The van der Waals surface area contributed by atoms with Crippen molar-refractivity contribution < 1.29 is 17.9 Å². The minimum atomic E-state index is -4.43. The number of benzene rings is 1. The number of ether oxygens (including phenoxy) is 1. The molecule has 1 aliphatic heterocycles. The van der Waals surface area contributed by atoms with Gasteiger partial charge in [-0.1, -0.05) is 12.1 Å². The van der Waals surface area contributed by atoms with Crippen LogP contribution < -0.4 is 4.74 Å². The van der Waals surface area contributed by atoms with Crippen LogP contribution in [-0.2, 0) is 32.4 Å². The Balaban J connectivity index is 1.44. The molecular weight excluding hydrogens is 375 g/mol. The number of imidazole rings is 1. The highest BCUT2D eigenvalue weighted by Gasteiger charge is 2.35. The third-order valence-corrected chi connectivity index (χ3v) is 4.63. The number of tetrazole rings is 1. The number of methoxy groups -OCH3 is 1.